The number of furan rings is 1. The van der Waals surface area contributed by atoms with Crippen LogP contribution in [0.3, 0.4) is 0 Å². The number of aryl methyl sites for hydroxylation is 1. The summed E-state index contributed by atoms with van der Waals surface area (Å²) in [5, 5.41) is 12.9. The lowest BCUT2D eigenvalue weighted by Crippen LogP contribution is -2.27. The molecule has 0 saturated carbocycles. The van der Waals surface area contributed by atoms with E-state index in [-0.39, 0.29) is 18.7 Å². The minimum Gasteiger partial charge on any atom is -0.496 e. The molecule has 0 bridgehead atoms. The van der Waals surface area contributed by atoms with Crippen LogP contribution in [0.4, 0.5) is 0 Å². The van der Waals surface area contributed by atoms with Gasteiger partial charge in [-0.2, -0.15) is 0 Å². The van der Waals surface area contributed by atoms with Crippen LogP contribution in [0, 0.1) is 6.92 Å². The van der Waals surface area contributed by atoms with Crippen molar-refractivity contribution in [2.45, 2.75) is 25.9 Å². The van der Waals surface area contributed by atoms with Gasteiger partial charge in [0.1, 0.15) is 11.5 Å². The van der Waals surface area contributed by atoms with Crippen LogP contribution < -0.4 is 10.1 Å². The van der Waals surface area contributed by atoms with Crippen molar-refractivity contribution >= 4 is 0 Å². The lowest BCUT2D eigenvalue weighted by molar-refractivity contribution is 0.216. The number of methoxy groups -OCH3 is 1. The zero-order chi connectivity index (χ0) is 14.5. The molecule has 0 amide bonds. The Hall–Kier alpha value is -1.78. The Labute approximate surface area is 119 Å². The maximum atomic E-state index is 9.52. The van der Waals surface area contributed by atoms with Gasteiger partial charge < -0.3 is 14.3 Å². The molecule has 4 nitrogen and oxygen atoms in total. The van der Waals surface area contributed by atoms with Gasteiger partial charge in [-0.05, 0) is 32.0 Å². The van der Waals surface area contributed by atoms with E-state index in [0.29, 0.717) is 0 Å². The fraction of sp³-hybridized carbons (Fsp3) is 0.375. The molecule has 1 aromatic heterocycles. The summed E-state index contributed by atoms with van der Waals surface area (Å²) in [4.78, 5) is 0. The molecule has 0 radical (unpaired) electrons. The predicted molar refractivity (Wildman–Crippen MR) is 77.8 cm³/mol. The number of rotatable bonds is 6. The van der Waals surface area contributed by atoms with Gasteiger partial charge in [0.15, 0.2) is 0 Å². The lowest BCUT2D eigenvalue weighted by atomic mass is 10.0. The highest BCUT2D eigenvalue weighted by Gasteiger charge is 2.19. The fourth-order valence-corrected chi connectivity index (χ4v) is 2.30. The Morgan fingerprint density at radius 3 is 2.75 bits per heavy atom. The summed E-state index contributed by atoms with van der Waals surface area (Å²) in [5.41, 5.74) is 2.24. The topological polar surface area (TPSA) is 54.6 Å². The molecule has 20 heavy (non-hydrogen) atoms. The van der Waals surface area contributed by atoms with Crippen molar-refractivity contribution in [2.75, 3.05) is 13.7 Å². The zero-order valence-corrected chi connectivity index (χ0v) is 12.1. The number of benzene rings is 1. The van der Waals surface area contributed by atoms with Crippen molar-refractivity contribution in [2.24, 2.45) is 0 Å². The summed E-state index contributed by atoms with van der Waals surface area (Å²) in [7, 11) is 1.66. The summed E-state index contributed by atoms with van der Waals surface area (Å²) < 4.78 is 10.8. The Morgan fingerprint density at radius 1 is 1.35 bits per heavy atom. The highest BCUT2D eigenvalue weighted by molar-refractivity contribution is 5.39. The van der Waals surface area contributed by atoms with E-state index in [1.165, 1.54) is 5.56 Å². The van der Waals surface area contributed by atoms with Crippen LogP contribution in [0.25, 0.3) is 0 Å². The SMILES string of the molecule is COc1ccc(C)cc1C(C)NC(CO)c1ccco1. The Morgan fingerprint density at radius 2 is 2.15 bits per heavy atom. The molecule has 4 heteroatoms. The normalized spacial score (nSPS) is 14.0. The number of nitrogens with one attached hydrogen (secondary N) is 1. The molecule has 0 aliphatic heterocycles. The van der Waals surface area contributed by atoms with Gasteiger partial charge in [-0.3, -0.25) is 5.32 Å². The van der Waals surface area contributed by atoms with Crippen LogP contribution in [-0.4, -0.2) is 18.8 Å². The molecule has 0 aliphatic rings. The molecule has 2 atom stereocenters. The third-order valence-corrected chi connectivity index (χ3v) is 3.37. The fourth-order valence-electron chi connectivity index (χ4n) is 2.30. The number of aliphatic hydroxyl groups is 1. The molecule has 2 N–H and O–H groups in total. The average molecular weight is 275 g/mol. The third kappa shape index (κ3) is 3.21. The summed E-state index contributed by atoms with van der Waals surface area (Å²) in [6, 6.07) is 9.55. The number of hydrogen-bond acceptors (Lipinski definition) is 4. The van der Waals surface area contributed by atoms with Crippen molar-refractivity contribution in [3.8, 4) is 5.75 Å². The Kier molecular flexibility index (Phi) is 4.82. The Bertz CT molecular complexity index is 537. The molecule has 108 valence electrons. The van der Waals surface area contributed by atoms with Crippen LogP contribution in [0.15, 0.2) is 41.0 Å². The van der Waals surface area contributed by atoms with Crippen molar-refractivity contribution < 1.29 is 14.3 Å². The van der Waals surface area contributed by atoms with Gasteiger partial charge in [-0.15, -0.1) is 0 Å². The smallest absolute Gasteiger partial charge is 0.123 e. The number of aliphatic hydroxyl groups excluding tert-OH is 1. The molecule has 0 spiro atoms. The first kappa shape index (κ1) is 14.6. The molecule has 2 unspecified atom stereocenters. The minimum atomic E-state index is -0.231. The molecule has 1 heterocycles. The van der Waals surface area contributed by atoms with Gasteiger partial charge in [0.25, 0.3) is 0 Å². The van der Waals surface area contributed by atoms with Crippen molar-refractivity contribution in [3.63, 3.8) is 0 Å². The van der Waals surface area contributed by atoms with Crippen LogP contribution in [0.1, 0.15) is 35.9 Å². The molecule has 2 rings (SSSR count). The van der Waals surface area contributed by atoms with E-state index in [1.807, 2.05) is 38.1 Å². The number of ether oxygens (including phenoxy) is 1. The maximum absolute atomic E-state index is 9.52. The van der Waals surface area contributed by atoms with E-state index < -0.39 is 0 Å². The van der Waals surface area contributed by atoms with Gasteiger partial charge >= 0.3 is 0 Å². The molecule has 2 aromatic rings. The zero-order valence-electron chi connectivity index (χ0n) is 12.1. The molecule has 0 aliphatic carbocycles. The highest BCUT2D eigenvalue weighted by atomic mass is 16.5. The second-order valence-electron chi connectivity index (χ2n) is 4.88. The summed E-state index contributed by atoms with van der Waals surface area (Å²) in [6.07, 6.45) is 1.61. The standard InChI is InChI=1S/C16H21NO3/c1-11-6-7-15(19-3)13(9-11)12(2)17-14(10-18)16-5-4-8-20-16/h4-9,12,14,17-18H,10H2,1-3H3. The largest absolute Gasteiger partial charge is 0.496 e. The number of hydrogen-bond donors (Lipinski definition) is 2. The van der Waals surface area contributed by atoms with E-state index in [0.717, 1.165) is 17.1 Å². The van der Waals surface area contributed by atoms with Crippen molar-refractivity contribution in [1.82, 2.24) is 5.32 Å². The molecule has 0 saturated heterocycles. The predicted octanol–water partition coefficient (Wildman–Crippen LogP) is 2.98. The van der Waals surface area contributed by atoms with E-state index in [4.69, 9.17) is 9.15 Å². The van der Waals surface area contributed by atoms with Gasteiger partial charge in [0, 0.05) is 11.6 Å². The van der Waals surface area contributed by atoms with E-state index in [2.05, 4.69) is 11.4 Å². The monoisotopic (exact) mass is 275 g/mol. The lowest BCUT2D eigenvalue weighted by Gasteiger charge is -2.22. The minimum absolute atomic E-state index is 0.0218. The second-order valence-corrected chi connectivity index (χ2v) is 4.88. The summed E-state index contributed by atoms with van der Waals surface area (Å²) in [5.74, 6) is 1.57. The van der Waals surface area contributed by atoms with Gasteiger partial charge in [0.05, 0.1) is 26.0 Å². The first-order chi connectivity index (χ1) is 9.65. The van der Waals surface area contributed by atoms with Crippen molar-refractivity contribution in [1.29, 1.82) is 0 Å². The molecular formula is C16H21NO3. The van der Waals surface area contributed by atoms with E-state index in [1.54, 1.807) is 13.4 Å². The molecular weight excluding hydrogens is 254 g/mol. The first-order valence-corrected chi connectivity index (χ1v) is 6.70. The van der Waals surface area contributed by atoms with Gasteiger partial charge in [-0.25, -0.2) is 0 Å². The molecule has 1 aromatic carbocycles. The van der Waals surface area contributed by atoms with Gasteiger partial charge in [0.2, 0.25) is 0 Å². The van der Waals surface area contributed by atoms with Crippen molar-refractivity contribution in [3.05, 3.63) is 53.5 Å². The van der Waals surface area contributed by atoms with Crippen LogP contribution in [-0.2, 0) is 0 Å². The third-order valence-electron chi connectivity index (χ3n) is 3.37. The average Bonchev–Trinajstić information content (AvgIpc) is 2.98. The summed E-state index contributed by atoms with van der Waals surface area (Å²) in [6.45, 7) is 4.07. The van der Waals surface area contributed by atoms with Crippen LogP contribution >= 0.6 is 0 Å². The first-order valence-electron chi connectivity index (χ1n) is 6.70. The van der Waals surface area contributed by atoms with E-state index >= 15 is 0 Å². The van der Waals surface area contributed by atoms with Crippen LogP contribution in [0.5, 0.6) is 5.75 Å². The van der Waals surface area contributed by atoms with Gasteiger partial charge in [-0.1, -0.05) is 17.7 Å². The van der Waals surface area contributed by atoms with Crippen LogP contribution in [0.2, 0.25) is 0 Å². The Balaban J connectivity index is 2.18. The molecule has 0 fully saturated rings. The van der Waals surface area contributed by atoms with E-state index in [9.17, 15) is 5.11 Å². The highest BCUT2D eigenvalue weighted by Crippen LogP contribution is 2.28. The second kappa shape index (κ2) is 6.59. The quantitative estimate of drug-likeness (QED) is 0.851. The maximum Gasteiger partial charge on any atom is 0.123 e. The summed E-state index contributed by atoms with van der Waals surface area (Å²) >= 11 is 0.